The molecule has 134 valence electrons. The van der Waals surface area contributed by atoms with Gasteiger partial charge in [0.05, 0.1) is 11.7 Å². The van der Waals surface area contributed by atoms with Gasteiger partial charge in [-0.1, -0.05) is 12.1 Å². The van der Waals surface area contributed by atoms with Crippen molar-refractivity contribution in [2.75, 3.05) is 10.6 Å². The third kappa shape index (κ3) is 3.71. The van der Waals surface area contributed by atoms with Crippen molar-refractivity contribution in [1.29, 1.82) is 0 Å². The maximum atomic E-state index is 5.44. The summed E-state index contributed by atoms with van der Waals surface area (Å²) < 4.78 is 1.70. The standard InChI is InChI=1S/C18H17N9/c1-27-8-6-15(26-27)23-16-11-22-18(25-19)17(24-16)21-10-12-4-5-14-13(9-12)3-2-7-20-14/h2-9,11,19H,10H2,1H3,(H2,21,23,24,26)/p+1. The molecule has 9 nitrogen and oxygen atoms in total. The molecule has 0 unspecified atom stereocenters. The van der Waals surface area contributed by atoms with Crippen LogP contribution in [0.2, 0.25) is 0 Å². The zero-order valence-electron chi connectivity index (χ0n) is 14.7. The van der Waals surface area contributed by atoms with Gasteiger partial charge in [-0.3, -0.25) is 9.67 Å². The summed E-state index contributed by atoms with van der Waals surface area (Å²) in [6.07, 6.45) is 5.19. The van der Waals surface area contributed by atoms with E-state index in [0.717, 1.165) is 16.5 Å². The van der Waals surface area contributed by atoms with Crippen LogP contribution in [0.5, 0.6) is 0 Å². The molecular formula is C18H18N9+. The molecule has 4 aromatic rings. The predicted molar refractivity (Wildman–Crippen MR) is 102 cm³/mol. The molecule has 27 heavy (non-hydrogen) atoms. The fourth-order valence-corrected chi connectivity index (χ4v) is 2.69. The third-order valence-electron chi connectivity index (χ3n) is 3.97. The van der Waals surface area contributed by atoms with E-state index >= 15 is 0 Å². The smallest absolute Gasteiger partial charge is 0.261 e. The summed E-state index contributed by atoms with van der Waals surface area (Å²) in [6.45, 7) is 0.551. The number of anilines is 3. The van der Waals surface area contributed by atoms with Gasteiger partial charge in [-0.15, -0.1) is 0 Å². The van der Waals surface area contributed by atoms with Gasteiger partial charge in [-0.2, -0.15) is 10.6 Å². The molecule has 0 spiro atoms. The zero-order chi connectivity index (χ0) is 18.6. The molecule has 9 heteroatoms. The van der Waals surface area contributed by atoms with Crippen molar-refractivity contribution >= 4 is 34.2 Å². The lowest BCUT2D eigenvalue weighted by Gasteiger charge is -2.09. The van der Waals surface area contributed by atoms with Crippen LogP contribution < -0.4 is 16.2 Å². The van der Waals surface area contributed by atoms with E-state index in [9.17, 15) is 0 Å². The predicted octanol–water partition coefficient (Wildman–Crippen LogP) is 1.96. The van der Waals surface area contributed by atoms with Crippen molar-refractivity contribution in [3.8, 4) is 0 Å². The second-order valence-corrected chi connectivity index (χ2v) is 5.94. The monoisotopic (exact) mass is 360 g/mol. The Bertz CT molecular complexity index is 1100. The molecule has 0 bridgehead atoms. The molecular weight excluding hydrogens is 342 g/mol. The van der Waals surface area contributed by atoms with Crippen LogP contribution in [0.15, 0.2) is 60.1 Å². The number of fused-ring (bicyclic) bond motifs is 1. The van der Waals surface area contributed by atoms with Crippen LogP contribution >= 0.6 is 0 Å². The van der Waals surface area contributed by atoms with Crippen LogP contribution in [0.25, 0.3) is 10.9 Å². The van der Waals surface area contributed by atoms with Gasteiger partial charge < -0.3 is 10.6 Å². The highest BCUT2D eigenvalue weighted by atomic mass is 15.3. The number of benzene rings is 1. The molecule has 0 saturated heterocycles. The Morgan fingerprint density at radius 1 is 1.15 bits per heavy atom. The highest BCUT2D eigenvalue weighted by molar-refractivity contribution is 5.79. The van der Waals surface area contributed by atoms with Crippen molar-refractivity contribution < 1.29 is 5.53 Å². The SMILES string of the molecule is Cn1ccc(Nc2cnc(N=[NH2+])c(NCc3ccc4ncccc4c3)n2)n1. The molecule has 0 aliphatic carbocycles. The summed E-state index contributed by atoms with van der Waals surface area (Å²) in [5, 5.41) is 15.4. The van der Waals surface area contributed by atoms with E-state index in [1.807, 2.05) is 43.6 Å². The third-order valence-corrected chi connectivity index (χ3v) is 3.97. The zero-order valence-corrected chi connectivity index (χ0v) is 14.7. The molecule has 0 radical (unpaired) electrons. The fraction of sp³-hybridized carbons (Fsp3) is 0.111. The van der Waals surface area contributed by atoms with Crippen LogP contribution in [0, 0.1) is 0 Å². The van der Waals surface area contributed by atoms with E-state index in [4.69, 9.17) is 5.53 Å². The van der Waals surface area contributed by atoms with E-state index in [1.165, 1.54) is 0 Å². The molecule has 1 aromatic carbocycles. The number of aromatic nitrogens is 5. The van der Waals surface area contributed by atoms with Crippen molar-refractivity contribution in [2.45, 2.75) is 6.54 Å². The summed E-state index contributed by atoms with van der Waals surface area (Å²) in [5.74, 6) is 2.05. The number of nitrogens with zero attached hydrogens (tertiary/aromatic N) is 6. The second-order valence-electron chi connectivity index (χ2n) is 5.94. The topological polar surface area (TPSA) is 118 Å². The Morgan fingerprint density at radius 2 is 2.07 bits per heavy atom. The Balaban J connectivity index is 1.54. The lowest BCUT2D eigenvalue weighted by Crippen LogP contribution is -2.22. The molecule has 4 rings (SSSR count). The number of hydrogen-bond acceptors (Lipinski definition) is 7. The van der Waals surface area contributed by atoms with Gasteiger partial charge in [0.2, 0.25) is 0 Å². The molecule has 0 atom stereocenters. The summed E-state index contributed by atoms with van der Waals surface area (Å²) in [7, 11) is 1.85. The molecule has 3 aromatic heterocycles. The van der Waals surface area contributed by atoms with Crippen LogP contribution in [0.3, 0.4) is 0 Å². The van der Waals surface area contributed by atoms with Crippen LogP contribution in [-0.4, -0.2) is 24.7 Å². The Morgan fingerprint density at radius 3 is 2.89 bits per heavy atom. The Labute approximate surface area is 155 Å². The molecule has 0 aliphatic rings. The summed E-state index contributed by atoms with van der Waals surface area (Å²) in [6, 6.07) is 11.9. The average Bonchev–Trinajstić information content (AvgIpc) is 3.11. The molecule has 4 N–H and O–H groups in total. The van der Waals surface area contributed by atoms with Gasteiger partial charge in [0.1, 0.15) is 0 Å². The largest absolute Gasteiger partial charge is 0.363 e. The maximum Gasteiger partial charge on any atom is 0.261 e. The first-order chi connectivity index (χ1) is 13.2. The summed E-state index contributed by atoms with van der Waals surface area (Å²) in [4.78, 5) is 13.1. The van der Waals surface area contributed by atoms with E-state index in [0.29, 0.717) is 29.8 Å². The van der Waals surface area contributed by atoms with E-state index < -0.39 is 0 Å². The lowest BCUT2D eigenvalue weighted by atomic mass is 10.1. The van der Waals surface area contributed by atoms with Crippen molar-refractivity contribution in [1.82, 2.24) is 24.7 Å². The lowest BCUT2D eigenvalue weighted by molar-refractivity contribution is -0.210. The van der Waals surface area contributed by atoms with Crippen LogP contribution in [0.1, 0.15) is 5.56 Å². The van der Waals surface area contributed by atoms with Gasteiger partial charge in [0, 0.05) is 42.6 Å². The van der Waals surface area contributed by atoms with Crippen LogP contribution in [0.4, 0.5) is 23.3 Å². The highest BCUT2D eigenvalue weighted by Crippen LogP contribution is 2.23. The summed E-state index contributed by atoms with van der Waals surface area (Å²) >= 11 is 0. The minimum absolute atomic E-state index is 0.337. The molecule has 0 saturated carbocycles. The number of aryl methyl sites for hydroxylation is 1. The van der Waals surface area contributed by atoms with Gasteiger partial charge >= 0.3 is 0 Å². The molecule has 0 fully saturated rings. The quantitative estimate of drug-likeness (QED) is 0.452. The van der Waals surface area contributed by atoms with E-state index in [1.54, 1.807) is 17.1 Å². The average molecular weight is 360 g/mol. The van der Waals surface area contributed by atoms with Crippen molar-refractivity contribution in [2.24, 2.45) is 12.2 Å². The first kappa shape index (κ1) is 16.6. The van der Waals surface area contributed by atoms with Gasteiger partial charge in [-0.05, 0) is 23.8 Å². The second kappa shape index (κ2) is 7.16. The fourth-order valence-electron chi connectivity index (χ4n) is 2.69. The minimum Gasteiger partial charge on any atom is -0.363 e. The Kier molecular flexibility index (Phi) is 4.40. The Hall–Kier alpha value is -3.88. The summed E-state index contributed by atoms with van der Waals surface area (Å²) in [5.41, 5.74) is 7.48. The number of rotatable bonds is 6. The first-order valence-electron chi connectivity index (χ1n) is 8.33. The normalized spacial score (nSPS) is 10.7. The van der Waals surface area contributed by atoms with E-state index in [2.05, 4.69) is 41.9 Å². The number of nitrogens with one attached hydrogen (secondary N) is 2. The number of pyridine rings is 1. The number of nitrogens with two attached hydrogens (primary N) is 1. The van der Waals surface area contributed by atoms with Crippen molar-refractivity contribution in [3.63, 3.8) is 0 Å². The van der Waals surface area contributed by atoms with Gasteiger partial charge in [-0.25, -0.2) is 9.97 Å². The molecule has 3 heterocycles. The molecule has 0 aliphatic heterocycles. The van der Waals surface area contributed by atoms with Crippen LogP contribution in [-0.2, 0) is 13.6 Å². The van der Waals surface area contributed by atoms with Gasteiger partial charge in [0.15, 0.2) is 17.5 Å². The van der Waals surface area contributed by atoms with Crippen molar-refractivity contribution in [3.05, 3.63) is 60.6 Å². The minimum atomic E-state index is 0.337. The molecule has 0 amide bonds. The van der Waals surface area contributed by atoms with Gasteiger partial charge in [0.25, 0.3) is 5.82 Å². The maximum absolute atomic E-state index is 5.44. The van der Waals surface area contributed by atoms with E-state index in [-0.39, 0.29) is 0 Å². The highest BCUT2D eigenvalue weighted by Gasteiger charge is 2.10. The first-order valence-corrected chi connectivity index (χ1v) is 8.33. The number of hydrogen-bond donors (Lipinski definition) is 3.